The highest BCUT2D eigenvalue weighted by Crippen LogP contribution is 2.34. The van der Waals surface area contributed by atoms with Crippen molar-refractivity contribution in [2.24, 2.45) is 5.92 Å². The van der Waals surface area contributed by atoms with Crippen molar-refractivity contribution in [3.05, 3.63) is 11.6 Å². The van der Waals surface area contributed by atoms with Crippen LogP contribution in [0.25, 0.3) is 0 Å². The van der Waals surface area contributed by atoms with Gasteiger partial charge in [-0.2, -0.15) is 0 Å². The fourth-order valence-corrected chi connectivity index (χ4v) is 2.00. The molecule has 2 aliphatic rings. The topological polar surface area (TPSA) is 17.1 Å². The van der Waals surface area contributed by atoms with E-state index in [4.69, 9.17) is 0 Å². The molecule has 0 spiro atoms. The van der Waals surface area contributed by atoms with Crippen molar-refractivity contribution >= 4 is 5.78 Å². The van der Waals surface area contributed by atoms with Gasteiger partial charge < -0.3 is 0 Å². The third kappa shape index (κ3) is 1.24. The summed E-state index contributed by atoms with van der Waals surface area (Å²) in [7, 11) is 0. The van der Waals surface area contributed by atoms with E-state index < -0.39 is 0 Å². The predicted octanol–water partition coefficient (Wildman–Crippen LogP) is 2.47. The third-order valence-electron chi connectivity index (χ3n) is 2.84. The molecule has 0 saturated heterocycles. The van der Waals surface area contributed by atoms with Crippen LogP contribution in [-0.2, 0) is 4.79 Å². The first kappa shape index (κ1) is 7.08. The zero-order valence-electron chi connectivity index (χ0n) is 6.81. The first-order valence-corrected chi connectivity index (χ1v) is 4.59. The van der Waals surface area contributed by atoms with Gasteiger partial charge in [0, 0.05) is 12.3 Å². The van der Waals surface area contributed by atoms with Crippen LogP contribution in [0.1, 0.15) is 38.5 Å². The Bertz CT molecular complexity index is 203. The summed E-state index contributed by atoms with van der Waals surface area (Å²) in [4.78, 5) is 11.4. The second-order valence-electron chi connectivity index (χ2n) is 3.58. The van der Waals surface area contributed by atoms with Crippen LogP contribution in [0.15, 0.2) is 11.6 Å². The zero-order chi connectivity index (χ0) is 7.68. The Morgan fingerprint density at radius 1 is 1.27 bits per heavy atom. The SMILES string of the molecule is O=C1CCCCC1C1=CCC1. The number of Topliss-reactive ketones (excluding diaryl/α,β-unsaturated/α-hetero) is 1. The van der Waals surface area contributed by atoms with Crippen molar-refractivity contribution < 1.29 is 4.79 Å². The summed E-state index contributed by atoms with van der Waals surface area (Å²) < 4.78 is 0. The van der Waals surface area contributed by atoms with Gasteiger partial charge in [-0.3, -0.25) is 4.79 Å². The molecule has 0 aromatic carbocycles. The van der Waals surface area contributed by atoms with Gasteiger partial charge in [-0.05, 0) is 25.7 Å². The number of hydrogen-bond acceptors (Lipinski definition) is 1. The second-order valence-corrected chi connectivity index (χ2v) is 3.58. The maximum Gasteiger partial charge on any atom is 0.139 e. The van der Waals surface area contributed by atoms with Crippen LogP contribution in [0.5, 0.6) is 0 Å². The number of hydrogen-bond donors (Lipinski definition) is 0. The van der Waals surface area contributed by atoms with Gasteiger partial charge in [0.1, 0.15) is 5.78 Å². The van der Waals surface area contributed by atoms with Crippen LogP contribution in [0.4, 0.5) is 0 Å². The second kappa shape index (κ2) is 2.80. The minimum atomic E-state index is 0.345. The van der Waals surface area contributed by atoms with E-state index in [9.17, 15) is 4.79 Å². The molecule has 0 aromatic rings. The molecular weight excluding hydrogens is 136 g/mol. The molecule has 0 N–H and O–H groups in total. The highest BCUT2D eigenvalue weighted by molar-refractivity contribution is 5.84. The van der Waals surface area contributed by atoms with Crippen LogP contribution in [-0.4, -0.2) is 5.78 Å². The first-order chi connectivity index (χ1) is 5.38. The Kier molecular flexibility index (Phi) is 1.80. The number of ketones is 1. The normalized spacial score (nSPS) is 31.1. The van der Waals surface area contributed by atoms with Crippen LogP contribution in [0.3, 0.4) is 0 Å². The maximum absolute atomic E-state index is 11.4. The number of carbonyl (C=O) groups is 1. The summed E-state index contributed by atoms with van der Waals surface area (Å²) in [5.74, 6) is 0.847. The quantitative estimate of drug-likeness (QED) is 0.525. The first-order valence-electron chi connectivity index (χ1n) is 4.59. The number of carbonyl (C=O) groups excluding carboxylic acids is 1. The van der Waals surface area contributed by atoms with E-state index in [0.29, 0.717) is 11.7 Å². The standard InChI is InChI=1S/C10H14O/c11-10-7-2-1-6-9(10)8-4-3-5-8/h4,9H,1-3,5-7H2. The Balaban J connectivity index is 2.05. The van der Waals surface area contributed by atoms with Crippen molar-refractivity contribution in [3.8, 4) is 0 Å². The largest absolute Gasteiger partial charge is 0.299 e. The molecule has 0 radical (unpaired) electrons. The van der Waals surface area contributed by atoms with E-state index in [2.05, 4.69) is 6.08 Å². The minimum Gasteiger partial charge on any atom is -0.299 e. The minimum absolute atomic E-state index is 0.345. The molecule has 2 aliphatic carbocycles. The van der Waals surface area contributed by atoms with Crippen molar-refractivity contribution in [1.82, 2.24) is 0 Å². The summed E-state index contributed by atoms with van der Waals surface area (Å²) in [6.45, 7) is 0. The van der Waals surface area contributed by atoms with Gasteiger partial charge in [0.05, 0.1) is 0 Å². The molecule has 1 fully saturated rings. The van der Waals surface area contributed by atoms with Gasteiger partial charge in [0.15, 0.2) is 0 Å². The average molecular weight is 150 g/mol. The molecular formula is C10H14O. The summed E-state index contributed by atoms with van der Waals surface area (Å²) in [6.07, 6.45) is 8.99. The van der Waals surface area contributed by atoms with Gasteiger partial charge in [-0.25, -0.2) is 0 Å². The van der Waals surface area contributed by atoms with E-state index in [0.717, 1.165) is 19.3 Å². The van der Waals surface area contributed by atoms with Crippen LogP contribution in [0, 0.1) is 5.92 Å². The lowest BCUT2D eigenvalue weighted by atomic mass is 9.77. The van der Waals surface area contributed by atoms with E-state index in [-0.39, 0.29) is 0 Å². The van der Waals surface area contributed by atoms with Gasteiger partial charge >= 0.3 is 0 Å². The van der Waals surface area contributed by atoms with Crippen molar-refractivity contribution in [1.29, 1.82) is 0 Å². The van der Waals surface area contributed by atoms with Gasteiger partial charge in [0.25, 0.3) is 0 Å². The molecule has 0 heterocycles. The van der Waals surface area contributed by atoms with Gasteiger partial charge in [-0.15, -0.1) is 0 Å². The lowest BCUT2D eigenvalue weighted by Crippen LogP contribution is -2.23. The van der Waals surface area contributed by atoms with Crippen molar-refractivity contribution in [2.45, 2.75) is 38.5 Å². The third-order valence-corrected chi connectivity index (χ3v) is 2.84. The Morgan fingerprint density at radius 3 is 2.64 bits per heavy atom. The molecule has 0 aromatic heterocycles. The molecule has 60 valence electrons. The smallest absolute Gasteiger partial charge is 0.139 e. The fraction of sp³-hybridized carbons (Fsp3) is 0.700. The summed E-state index contributed by atoms with van der Waals surface area (Å²) in [5, 5.41) is 0. The summed E-state index contributed by atoms with van der Waals surface area (Å²) in [5.41, 5.74) is 1.44. The van der Waals surface area contributed by atoms with Crippen LogP contribution in [0.2, 0.25) is 0 Å². The lowest BCUT2D eigenvalue weighted by molar-refractivity contribution is -0.123. The van der Waals surface area contributed by atoms with Gasteiger partial charge in [0.2, 0.25) is 0 Å². The highest BCUT2D eigenvalue weighted by Gasteiger charge is 2.27. The van der Waals surface area contributed by atoms with Crippen molar-refractivity contribution in [3.63, 3.8) is 0 Å². The molecule has 2 rings (SSSR count). The van der Waals surface area contributed by atoms with Crippen LogP contribution < -0.4 is 0 Å². The molecule has 1 saturated carbocycles. The van der Waals surface area contributed by atoms with E-state index in [1.54, 1.807) is 0 Å². The highest BCUT2D eigenvalue weighted by atomic mass is 16.1. The average Bonchev–Trinajstić information content (AvgIpc) is 1.90. The fourth-order valence-electron chi connectivity index (χ4n) is 2.00. The summed E-state index contributed by atoms with van der Waals surface area (Å²) in [6, 6.07) is 0. The van der Waals surface area contributed by atoms with E-state index in [1.165, 1.54) is 24.8 Å². The summed E-state index contributed by atoms with van der Waals surface area (Å²) >= 11 is 0. The van der Waals surface area contributed by atoms with Gasteiger partial charge in [-0.1, -0.05) is 18.1 Å². The maximum atomic E-state index is 11.4. The molecule has 1 unspecified atom stereocenters. The number of allylic oxidation sites excluding steroid dienone is 2. The Morgan fingerprint density at radius 2 is 2.09 bits per heavy atom. The van der Waals surface area contributed by atoms with Crippen molar-refractivity contribution in [2.75, 3.05) is 0 Å². The molecule has 1 heteroatoms. The van der Waals surface area contributed by atoms with E-state index >= 15 is 0 Å². The predicted molar refractivity (Wildman–Crippen MR) is 44.3 cm³/mol. The molecule has 11 heavy (non-hydrogen) atoms. The lowest BCUT2D eigenvalue weighted by Gasteiger charge is -2.27. The monoisotopic (exact) mass is 150 g/mol. The molecule has 1 nitrogen and oxygen atoms in total. The Labute approximate surface area is 67.5 Å². The molecule has 0 aliphatic heterocycles. The Hall–Kier alpha value is -0.590. The zero-order valence-corrected chi connectivity index (χ0v) is 6.81. The van der Waals surface area contributed by atoms with E-state index in [1.807, 2.05) is 0 Å². The molecule has 0 amide bonds. The van der Waals surface area contributed by atoms with Crippen LogP contribution >= 0.6 is 0 Å². The number of rotatable bonds is 1. The molecule has 1 atom stereocenters. The molecule has 0 bridgehead atoms.